The fourth-order valence-corrected chi connectivity index (χ4v) is 4.24. The Bertz CT molecular complexity index is 535. The predicted molar refractivity (Wildman–Crippen MR) is 79.8 cm³/mol. The molecule has 0 radical (unpaired) electrons. The first kappa shape index (κ1) is 13.3. The lowest BCUT2D eigenvalue weighted by molar-refractivity contribution is 0.0791. The van der Waals surface area contributed by atoms with Gasteiger partial charge in [0.15, 0.2) is 0 Å². The van der Waals surface area contributed by atoms with Crippen LogP contribution in [0.1, 0.15) is 14.5 Å². The largest absolute Gasteiger partial charge is 0.336 e. The molecule has 0 fully saturated rings. The van der Waals surface area contributed by atoms with Crippen LogP contribution in [0.15, 0.2) is 31.8 Å². The Balaban J connectivity index is 2.05. The molecule has 2 nitrogen and oxygen atoms in total. The minimum atomic E-state index is 0.0604. The maximum absolute atomic E-state index is 12.1. The first-order valence-corrected chi connectivity index (χ1v) is 8.08. The van der Waals surface area contributed by atoms with Crippen LogP contribution in [0, 0.1) is 0 Å². The first-order chi connectivity index (χ1) is 8.06. The Kier molecular flexibility index (Phi) is 4.41. The van der Waals surface area contributed by atoms with E-state index in [9.17, 15) is 4.79 Å². The molecule has 0 saturated carbocycles. The molecule has 2 rings (SSSR count). The van der Waals surface area contributed by atoms with Crippen LogP contribution in [0.4, 0.5) is 0 Å². The molecule has 2 aromatic rings. The van der Waals surface area contributed by atoms with Crippen molar-refractivity contribution in [2.24, 2.45) is 0 Å². The molecule has 2 aromatic heterocycles. The van der Waals surface area contributed by atoms with Crippen molar-refractivity contribution in [1.29, 1.82) is 0 Å². The minimum absolute atomic E-state index is 0.0604. The van der Waals surface area contributed by atoms with Crippen molar-refractivity contribution in [2.75, 3.05) is 7.05 Å². The highest BCUT2D eigenvalue weighted by Gasteiger charge is 2.14. The second kappa shape index (κ2) is 5.65. The van der Waals surface area contributed by atoms with E-state index in [0.717, 1.165) is 13.1 Å². The fourth-order valence-electron chi connectivity index (χ4n) is 1.36. The van der Waals surface area contributed by atoms with Gasteiger partial charge in [-0.15, -0.1) is 22.7 Å². The molecule has 0 aromatic carbocycles. The first-order valence-electron chi connectivity index (χ1n) is 4.80. The standard InChI is InChI=1S/C11H9Br2NOS2/c1-14(5-8-4-7(12)6-16-8)11(15)9-2-3-10(13)17-9/h2-4,6H,5H2,1H3. The van der Waals surface area contributed by atoms with E-state index in [2.05, 4.69) is 31.9 Å². The average molecular weight is 395 g/mol. The van der Waals surface area contributed by atoms with Gasteiger partial charge in [-0.2, -0.15) is 0 Å². The van der Waals surface area contributed by atoms with Crippen LogP contribution in [0.2, 0.25) is 0 Å². The molecule has 0 aliphatic heterocycles. The average Bonchev–Trinajstić information content (AvgIpc) is 2.87. The molecule has 2 heterocycles. The minimum Gasteiger partial charge on any atom is -0.336 e. The van der Waals surface area contributed by atoms with Gasteiger partial charge >= 0.3 is 0 Å². The quantitative estimate of drug-likeness (QED) is 0.744. The van der Waals surface area contributed by atoms with Gasteiger partial charge in [-0.05, 0) is 50.1 Å². The molecular formula is C11H9Br2NOS2. The highest BCUT2D eigenvalue weighted by molar-refractivity contribution is 9.11. The molecule has 0 bridgehead atoms. The zero-order valence-electron chi connectivity index (χ0n) is 8.94. The van der Waals surface area contributed by atoms with Crippen molar-refractivity contribution in [3.8, 4) is 0 Å². The van der Waals surface area contributed by atoms with E-state index >= 15 is 0 Å². The second-order valence-electron chi connectivity index (χ2n) is 3.50. The van der Waals surface area contributed by atoms with Crippen LogP contribution < -0.4 is 0 Å². The fraction of sp³-hybridized carbons (Fsp3) is 0.182. The maximum Gasteiger partial charge on any atom is 0.264 e. The Morgan fingerprint density at radius 3 is 2.71 bits per heavy atom. The summed E-state index contributed by atoms with van der Waals surface area (Å²) in [6, 6.07) is 5.78. The van der Waals surface area contributed by atoms with Crippen LogP contribution in [0.25, 0.3) is 0 Å². The van der Waals surface area contributed by atoms with E-state index in [4.69, 9.17) is 0 Å². The Hall–Kier alpha value is -0.170. The molecule has 0 unspecified atom stereocenters. The zero-order chi connectivity index (χ0) is 12.4. The van der Waals surface area contributed by atoms with E-state index in [1.807, 2.05) is 30.6 Å². The summed E-state index contributed by atoms with van der Waals surface area (Å²) in [4.78, 5) is 15.7. The molecule has 0 aliphatic carbocycles. The van der Waals surface area contributed by atoms with E-state index in [1.54, 1.807) is 16.2 Å². The van der Waals surface area contributed by atoms with Crippen molar-refractivity contribution in [3.05, 3.63) is 41.6 Å². The van der Waals surface area contributed by atoms with Crippen molar-refractivity contribution >= 4 is 60.4 Å². The number of carbonyl (C=O) groups is 1. The summed E-state index contributed by atoms with van der Waals surface area (Å²) in [6.45, 7) is 0.643. The molecular weight excluding hydrogens is 386 g/mol. The van der Waals surface area contributed by atoms with Gasteiger partial charge < -0.3 is 4.90 Å². The van der Waals surface area contributed by atoms with E-state index in [-0.39, 0.29) is 5.91 Å². The van der Waals surface area contributed by atoms with E-state index in [1.165, 1.54) is 16.2 Å². The molecule has 0 atom stereocenters. The molecule has 0 N–H and O–H groups in total. The Morgan fingerprint density at radius 1 is 1.41 bits per heavy atom. The summed E-state index contributed by atoms with van der Waals surface area (Å²) in [5.74, 6) is 0.0604. The van der Waals surface area contributed by atoms with Crippen molar-refractivity contribution in [2.45, 2.75) is 6.54 Å². The number of rotatable bonds is 3. The molecule has 0 spiro atoms. The van der Waals surface area contributed by atoms with E-state index < -0.39 is 0 Å². The van der Waals surface area contributed by atoms with Gasteiger partial charge in [0.05, 0.1) is 15.2 Å². The van der Waals surface area contributed by atoms with Crippen molar-refractivity contribution in [1.82, 2.24) is 4.90 Å². The normalized spacial score (nSPS) is 10.5. The highest BCUT2D eigenvalue weighted by Crippen LogP contribution is 2.25. The Morgan fingerprint density at radius 2 is 2.18 bits per heavy atom. The number of carbonyl (C=O) groups excluding carboxylic acids is 1. The number of thiophene rings is 2. The van der Waals surface area contributed by atoms with Gasteiger partial charge in [0, 0.05) is 21.8 Å². The zero-order valence-corrected chi connectivity index (χ0v) is 13.7. The van der Waals surface area contributed by atoms with Crippen LogP contribution in [0.5, 0.6) is 0 Å². The monoisotopic (exact) mass is 393 g/mol. The molecule has 17 heavy (non-hydrogen) atoms. The SMILES string of the molecule is CN(Cc1cc(Br)cs1)C(=O)c1ccc(Br)s1. The number of amides is 1. The van der Waals surface area contributed by atoms with Gasteiger partial charge in [-0.3, -0.25) is 4.79 Å². The summed E-state index contributed by atoms with van der Waals surface area (Å²) in [7, 11) is 1.82. The molecule has 0 aliphatic rings. The molecule has 0 saturated heterocycles. The third-order valence-corrected chi connectivity index (χ3v) is 5.44. The summed E-state index contributed by atoms with van der Waals surface area (Å²) < 4.78 is 2.05. The van der Waals surface area contributed by atoms with Crippen LogP contribution in [0.3, 0.4) is 0 Å². The molecule has 90 valence electrons. The number of hydrogen-bond acceptors (Lipinski definition) is 3. The van der Waals surface area contributed by atoms with Gasteiger partial charge in [0.2, 0.25) is 0 Å². The number of halogens is 2. The summed E-state index contributed by atoms with van der Waals surface area (Å²) in [5.41, 5.74) is 0. The lowest BCUT2D eigenvalue weighted by atomic mass is 10.4. The lowest BCUT2D eigenvalue weighted by Crippen LogP contribution is -2.24. The summed E-state index contributed by atoms with van der Waals surface area (Å²) in [5, 5.41) is 2.02. The predicted octanol–water partition coefficient (Wildman–Crippen LogP) is 4.61. The topological polar surface area (TPSA) is 20.3 Å². The maximum atomic E-state index is 12.1. The number of nitrogens with zero attached hydrogens (tertiary/aromatic N) is 1. The second-order valence-corrected chi connectivity index (χ2v) is 7.87. The van der Waals surface area contributed by atoms with Gasteiger partial charge in [0.25, 0.3) is 5.91 Å². The van der Waals surface area contributed by atoms with Gasteiger partial charge in [0.1, 0.15) is 0 Å². The van der Waals surface area contributed by atoms with Gasteiger partial charge in [-0.1, -0.05) is 0 Å². The summed E-state index contributed by atoms with van der Waals surface area (Å²) in [6.07, 6.45) is 0. The molecule has 1 amide bonds. The third kappa shape index (κ3) is 3.40. The van der Waals surface area contributed by atoms with Gasteiger partial charge in [-0.25, -0.2) is 0 Å². The van der Waals surface area contributed by atoms with Crippen molar-refractivity contribution in [3.63, 3.8) is 0 Å². The number of hydrogen-bond donors (Lipinski definition) is 0. The van der Waals surface area contributed by atoms with Crippen LogP contribution >= 0.6 is 54.5 Å². The van der Waals surface area contributed by atoms with Crippen LogP contribution in [-0.2, 0) is 6.54 Å². The van der Waals surface area contributed by atoms with Crippen molar-refractivity contribution < 1.29 is 4.79 Å². The molecule has 6 heteroatoms. The smallest absolute Gasteiger partial charge is 0.264 e. The van der Waals surface area contributed by atoms with E-state index in [0.29, 0.717) is 6.54 Å². The summed E-state index contributed by atoms with van der Waals surface area (Å²) >= 11 is 9.88. The third-order valence-electron chi connectivity index (χ3n) is 2.15. The van der Waals surface area contributed by atoms with Crippen LogP contribution in [-0.4, -0.2) is 17.9 Å². The lowest BCUT2D eigenvalue weighted by Gasteiger charge is -2.14. The highest BCUT2D eigenvalue weighted by atomic mass is 79.9. The Labute approximate surface area is 125 Å².